The second kappa shape index (κ2) is 7.86. The first-order valence-corrected chi connectivity index (χ1v) is 11.0. The van der Waals surface area contributed by atoms with Crippen molar-refractivity contribution < 1.29 is 13.8 Å². The zero-order valence-corrected chi connectivity index (χ0v) is 18.6. The Bertz CT molecular complexity index is 1210. The third-order valence-corrected chi connectivity index (χ3v) is 6.33. The van der Waals surface area contributed by atoms with E-state index in [4.69, 9.17) is 11.6 Å². The fraction of sp³-hybridized carbons (Fsp3) is 0.182. The predicted octanol–water partition coefficient (Wildman–Crippen LogP) is 4.36. The van der Waals surface area contributed by atoms with Gasteiger partial charge in [-0.15, -0.1) is 5.10 Å². The first-order valence-electron chi connectivity index (χ1n) is 9.46. The minimum Gasteiger partial charge on any atom is -0.300 e. The van der Waals surface area contributed by atoms with Crippen LogP contribution in [0, 0.1) is 0 Å². The van der Waals surface area contributed by atoms with E-state index in [1.807, 2.05) is 12.1 Å². The molecule has 2 heterocycles. The molecular formula is C22H19ClN4O3S. The van der Waals surface area contributed by atoms with Crippen LogP contribution in [0.15, 0.2) is 59.6 Å². The fourth-order valence-electron chi connectivity index (χ4n) is 3.27. The summed E-state index contributed by atoms with van der Waals surface area (Å²) in [5, 5.41) is 7.71. The number of benzene rings is 2. The van der Waals surface area contributed by atoms with Gasteiger partial charge in [-0.3, -0.25) is 9.59 Å². The minimum absolute atomic E-state index is 0.0268. The van der Waals surface area contributed by atoms with Crippen LogP contribution in [0.3, 0.4) is 0 Å². The van der Waals surface area contributed by atoms with E-state index < -0.39 is 22.8 Å². The molecule has 2 aromatic carbocycles. The molecule has 1 atom stereocenters. The first kappa shape index (κ1) is 21.1. The van der Waals surface area contributed by atoms with Gasteiger partial charge in [-0.25, -0.2) is 9.11 Å². The quantitative estimate of drug-likeness (QED) is 0.591. The summed E-state index contributed by atoms with van der Waals surface area (Å²) in [7, 11) is -1.65. The maximum absolute atomic E-state index is 13.1. The molecule has 2 amide bonds. The lowest BCUT2D eigenvalue weighted by Crippen LogP contribution is -2.30. The normalized spacial score (nSPS) is 14.5. The second-order valence-corrected chi connectivity index (χ2v) is 9.64. The van der Waals surface area contributed by atoms with Crippen molar-refractivity contribution >= 4 is 45.9 Å². The van der Waals surface area contributed by atoms with E-state index in [9.17, 15) is 13.8 Å². The van der Waals surface area contributed by atoms with E-state index in [0.717, 1.165) is 10.5 Å². The molecule has 1 aromatic heterocycles. The summed E-state index contributed by atoms with van der Waals surface area (Å²) >= 11 is 6.23. The predicted molar refractivity (Wildman–Crippen MR) is 120 cm³/mol. The largest absolute Gasteiger partial charge is 0.300 e. The molecule has 3 aromatic rings. The molecule has 0 saturated carbocycles. The van der Waals surface area contributed by atoms with Crippen molar-refractivity contribution in [3.63, 3.8) is 0 Å². The van der Waals surface area contributed by atoms with E-state index in [-0.39, 0.29) is 33.1 Å². The summed E-state index contributed by atoms with van der Waals surface area (Å²) < 4.78 is 15.8. The van der Waals surface area contributed by atoms with Crippen LogP contribution in [-0.2, 0) is 16.4 Å². The summed E-state index contributed by atoms with van der Waals surface area (Å²) in [6.07, 6.45) is 1.44. The van der Waals surface area contributed by atoms with E-state index in [1.54, 1.807) is 18.2 Å². The maximum Gasteiger partial charge on any atom is 0.269 e. The number of imide groups is 1. The van der Waals surface area contributed by atoms with Crippen molar-refractivity contribution in [1.82, 2.24) is 10.2 Å². The monoisotopic (exact) mass is 454 g/mol. The first-order chi connectivity index (χ1) is 14.7. The fourth-order valence-corrected chi connectivity index (χ4v) is 4.38. The Balaban J connectivity index is 1.68. The number of fused-ring (bicyclic) bond motifs is 1. The van der Waals surface area contributed by atoms with Crippen LogP contribution in [0.4, 0.5) is 11.5 Å². The Morgan fingerprint density at radius 1 is 0.968 bits per heavy atom. The van der Waals surface area contributed by atoms with Gasteiger partial charge in [0, 0.05) is 6.20 Å². The molecule has 0 fully saturated rings. The van der Waals surface area contributed by atoms with Crippen LogP contribution < -0.4 is 9.62 Å². The lowest BCUT2D eigenvalue weighted by atomic mass is 9.87. The number of aromatic nitrogens is 2. The smallest absolute Gasteiger partial charge is 0.269 e. The number of carbonyl (C=O) groups is 2. The SMILES string of the molecule is CC(C)(C)c1ccc(S(=O)Nc2ccc(Cl)c3c2C(=O)N(c2cccnn2)C3=O)cc1. The van der Waals surface area contributed by atoms with Crippen molar-refractivity contribution in [2.45, 2.75) is 31.1 Å². The Morgan fingerprint density at radius 3 is 2.26 bits per heavy atom. The molecule has 31 heavy (non-hydrogen) atoms. The molecule has 1 N–H and O–H groups in total. The highest BCUT2D eigenvalue weighted by Crippen LogP contribution is 2.36. The van der Waals surface area contributed by atoms with Gasteiger partial charge < -0.3 is 4.72 Å². The standard InChI is InChI=1S/C22H19ClN4O3S/c1-22(2,3)13-6-8-14(9-7-13)31(30)26-16-11-10-15(23)18-19(16)21(29)27(20(18)28)17-5-4-12-24-25-17/h4-12,26H,1-3H3. The number of rotatable bonds is 4. The average molecular weight is 455 g/mol. The summed E-state index contributed by atoms with van der Waals surface area (Å²) in [6, 6.07) is 13.5. The van der Waals surface area contributed by atoms with Crippen molar-refractivity contribution in [2.24, 2.45) is 0 Å². The van der Waals surface area contributed by atoms with E-state index in [0.29, 0.717) is 4.90 Å². The lowest BCUT2D eigenvalue weighted by Gasteiger charge is -2.19. The Kier molecular flexibility index (Phi) is 5.36. The Morgan fingerprint density at radius 2 is 1.65 bits per heavy atom. The topological polar surface area (TPSA) is 92.3 Å². The minimum atomic E-state index is -1.65. The Labute approximate surface area is 187 Å². The molecule has 7 nitrogen and oxygen atoms in total. The van der Waals surface area contributed by atoms with Crippen LogP contribution >= 0.6 is 11.6 Å². The third kappa shape index (κ3) is 3.84. The van der Waals surface area contributed by atoms with Crippen LogP contribution in [0.5, 0.6) is 0 Å². The van der Waals surface area contributed by atoms with E-state index in [1.165, 1.54) is 24.4 Å². The molecule has 0 saturated heterocycles. The molecular weight excluding hydrogens is 436 g/mol. The van der Waals surface area contributed by atoms with E-state index >= 15 is 0 Å². The van der Waals surface area contributed by atoms with Crippen LogP contribution in [0.1, 0.15) is 47.1 Å². The molecule has 158 valence electrons. The van der Waals surface area contributed by atoms with Crippen molar-refractivity contribution in [3.8, 4) is 0 Å². The maximum atomic E-state index is 13.1. The summed E-state index contributed by atoms with van der Waals surface area (Å²) in [5.74, 6) is -1.12. The van der Waals surface area contributed by atoms with Crippen LogP contribution in [-0.4, -0.2) is 26.2 Å². The Hall–Kier alpha value is -3.10. The van der Waals surface area contributed by atoms with Gasteiger partial charge in [-0.1, -0.05) is 44.5 Å². The van der Waals surface area contributed by atoms with Gasteiger partial charge in [0.15, 0.2) is 5.82 Å². The van der Waals surface area contributed by atoms with Gasteiger partial charge in [0.05, 0.1) is 26.7 Å². The average Bonchev–Trinajstić information content (AvgIpc) is 3.01. The molecule has 1 unspecified atom stereocenters. The summed E-state index contributed by atoms with van der Waals surface area (Å²) in [5.41, 5.74) is 1.44. The molecule has 1 aliphatic heterocycles. The van der Waals surface area contributed by atoms with Crippen molar-refractivity contribution in [1.29, 1.82) is 0 Å². The number of hydrogen-bond donors (Lipinski definition) is 1. The number of anilines is 2. The highest BCUT2D eigenvalue weighted by molar-refractivity contribution is 7.86. The van der Waals surface area contributed by atoms with Gasteiger partial charge in [0.1, 0.15) is 11.0 Å². The number of amides is 2. The number of halogens is 1. The molecule has 0 spiro atoms. The summed E-state index contributed by atoms with van der Waals surface area (Å²) in [4.78, 5) is 27.5. The zero-order valence-electron chi connectivity index (χ0n) is 17.0. The molecule has 0 bridgehead atoms. The zero-order chi connectivity index (χ0) is 22.3. The van der Waals surface area contributed by atoms with Gasteiger partial charge in [0.2, 0.25) is 0 Å². The molecule has 0 radical (unpaired) electrons. The highest BCUT2D eigenvalue weighted by atomic mass is 35.5. The van der Waals surface area contributed by atoms with Crippen LogP contribution in [0.25, 0.3) is 0 Å². The van der Waals surface area contributed by atoms with Gasteiger partial charge in [-0.05, 0) is 47.4 Å². The van der Waals surface area contributed by atoms with Gasteiger partial charge in [-0.2, -0.15) is 5.10 Å². The number of nitrogens with one attached hydrogen (secondary N) is 1. The molecule has 1 aliphatic rings. The van der Waals surface area contributed by atoms with Gasteiger partial charge in [0.25, 0.3) is 11.8 Å². The molecule has 9 heteroatoms. The molecule has 4 rings (SSSR count). The second-order valence-electron chi connectivity index (χ2n) is 8.02. The van der Waals surface area contributed by atoms with Gasteiger partial charge >= 0.3 is 0 Å². The summed E-state index contributed by atoms with van der Waals surface area (Å²) in [6.45, 7) is 6.29. The highest BCUT2D eigenvalue weighted by Gasteiger charge is 2.41. The number of hydrogen-bond acceptors (Lipinski definition) is 5. The van der Waals surface area contributed by atoms with Crippen molar-refractivity contribution in [3.05, 3.63) is 76.4 Å². The molecule has 0 aliphatic carbocycles. The van der Waals surface area contributed by atoms with E-state index in [2.05, 4.69) is 35.7 Å². The number of carbonyl (C=O) groups excluding carboxylic acids is 2. The lowest BCUT2D eigenvalue weighted by molar-refractivity contribution is 0.0925. The third-order valence-electron chi connectivity index (χ3n) is 4.91. The number of nitrogens with zero attached hydrogens (tertiary/aromatic N) is 3. The van der Waals surface area contributed by atoms with Crippen molar-refractivity contribution in [2.75, 3.05) is 9.62 Å². The van der Waals surface area contributed by atoms with Crippen LogP contribution in [0.2, 0.25) is 5.02 Å².